The molecular formula is C19H25N. The zero-order chi connectivity index (χ0) is 14.9. The number of rotatable bonds is 2. The lowest BCUT2D eigenvalue weighted by Crippen LogP contribution is -2.16. The van der Waals surface area contributed by atoms with Crippen LogP contribution in [0, 0.1) is 13.8 Å². The van der Waals surface area contributed by atoms with Crippen molar-refractivity contribution in [3.05, 3.63) is 70.3 Å². The molecule has 0 fully saturated rings. The highest BCUT2D eigenvalue weighted by Gasteiger charge is 2.16. The summed E-state index contributed by atoms with van der Waals surface area (Å²) in [7, 11) is 0. The molecule has 2 rings (SSSR count). The van der Waals surface area contributed by atoms with Gasteiger partial charge < -0.3 is 5.73 Å². The molecule has 0 saturated heterocycles. The average Bonchev–Trinajstić information content (AvgIpc) is 2.37. The van der Waals surface area contributed by atoms with Crippen LogP contribution in [0.25, 0.3) is 0 Å². The Hall–Kier alpha value is -1.60. The lowest BCUT2D eigenvalue weighted by Gasteiger charge is -2.22. The third-order valence-electron chi connectivity index (χ3n) is 3.99. The number of benzene rings is 2. The molecule has 0 amide bonds. The maximum absolute atomic E-state index is 6.48. The highest BCUT2D eigenvalue weighted by atomic mass is 14.6. The first-order valence-corrected chi connectivity index (χ1v) is 7.23. The Morgan fingerprint density at radius 3 is 1.80 bits per heavy atom. The van der Waals surface area contributed by atoms with Gasteiger partial charge in [-0.25, -0.2) is 0 Å². The van der Waals surface area contributed by atoms with Gasteiger partial charge in [0.1, 0.15) is 0 Å². The highest BCUT2D eigenvalue weighted by Crippen LogP contribution is 2.28. The number of nitrogens with two attached hydrogens (primary N) is 1. The van der Waals surface area contributed by atoms with E-state index in [1.54, 1.807) is 0 Å². The average molecular weight is 267 g/mol. The second-order valence-corrected chi connectivity index (χ2v) is 6.66. The molecule has 2 aromatic rings. The van der Waals surface area contributed by atoms with Crippen LogP contribution in [0.4, 0.5) is 0 Å². The van der Waals surface area contributed by atoms with Crippen molar-refractivity contribution in [2.24, 2.45) is 5.73 Å². The van der Waals surface area contributed by atoms with Crippen LogP contribution in [0.15, 0.2) is 42.5 Å². The minimum Gasteiger partial charge on any atom is -0.320 e. The van der Waals surface area contributed by atoms with Crippen molar-refractivity contribution in [3.63, 3.8) is 0 Å². The van der Waals surface area contributed by atoms with Gasteiger partial charge in [-0.15, -0.1) is 0 Å². The Bertz CT molecular complexity index is 568. The van der Waals surface area contributed by atoms with E-state index in [0.29, 0.717) is 0 Å². The third-order valence-corrected chi connectivity index (χ3v) is 3.99. The fourth-order valence-corrected chi connectivity index (χ4v) is 2.68. The van der Waals surface area contributed by atoms with Gasteiger partial charge in [-0.3, -0.25) is 0 Å². The van der Waals surface area contributed by atoms with Crippen molar-refractivity contribution in [1.29, 1.82) is 0 Å². The smallest absolute Gasteiger partial charge is 0.0556 e. The number of aryl methyl sites for hydroxylation is 2. The molecule has 0 saturated carbocycles. The molecule has 2 N–H and O–H groups in total. The SMILES string of the molecule is Cc1cccc(C)c1C(N)c1ccc(C(C)(C)C)cc1. The summed E-state index contributed by atoms with van der Waals surface area (Å²) in [6.45, 7) is 11.0. The van der Waals surface area contributed by atoms with E-state index in [-0.39, 0.29) is 11.5 Å². The van der Waals surface area contributed by atoms with E-state index in [0.717, 1.165) is 0 Å². The Labute approximate surface area is 122 Å². The molecule has 0 spiro atoms. The fourth-order valence-electron chi connectivity index (χ4n) is 2.68. The lowest BCUT2D eigenvalue weighted by molar-refractivity contribution is 0.589. The molecular weight excluding hydrogens is 242 g/mol. The van der Waals surface area contributed by atoms with E-state index in [1.165, 1.54) is 27.8 Å². The van der Waals surface area contributed by atoms with Crippen molar-refractivity contribution in [3.8, 4) is 0 Å². The molecule has 106 valence electrons. The zero-order valence-electron chi connectivity index (χ0n) is 13.2. The second kappa shape index (κ2) is 5.41. The monoisotopic (exact) mass is 267 g/mol. The van der Waals surface area contributed by atoms with E-state index in [9.17, 15) is 0 Å². The minimum absolute atomic E-state index is 0.0507. The van der Waals surface area contributed by atoms with E-state index >= 15 is 0 Å². The summed E-state index contributed by atoms with van der Waals surface area (Å²) in [5.74, 6) is 0. The van der Waals surface area contributed by atoms with Crippen molar-refractivity contribution < 1.29 is 0 Å². The summed E-state index contributed by atoms with van der Waals surface area (Å²) in [5, 5.41) is 0. The van der Waals surface area contributed by atoms with Gasteiger partial charge in [0.25, 0.3) is 0 Å². The first-order valence-electron chi connectivity index (χ1n) is 7.23. The van der Waals surface area contributed by atoms with Crippen LogP contribution in [-0.4, -0.2) is 0 Å². The maximum atomic E-state index is 6.48. The fraction of sp³-hybridized carbons (Fsp3) is 0.368. The molecule has 1 nitrogen and oxygen atoms in total. The predicted molar refractivity (Wildman–Crippen MR) is 87.1 cm³/mol. The molecule has 1 heteroatoms. The zero-order valence-corrected chi connectivity index (χ0v) is 13.2. The molecule has 2 aromatic carbocycles. The van der Waals surface area contributed by atoms with Gasteiger partial charge in [0, 0.05) is 0 Å². The van der Waals surface area contributed by atoms with Crippen LogP contribution in [0.1, 0.15) is 54.6 Å². The van der Waals surface area contributed by atoms with Gasteiger partial charge in [-0.1, -0.05) is 63.2 Å². The van der Waals surface area contributed by atoms with Gasteiger partial charge in [-0.05, 0) is 47.1 Å². The van der Waals surface area contributed by atoms with Crippen molar-refractivity contribution in [1.82, 2.24) is 0 Å². The van der Waals surface area contributed by atoms with Gasteiger partial charge >= 0.3 is 0 Å². The standard InChI is InChI=1S/C19H25N/c1-13-7-6-8-14(2)17(13)18(20)15-9-11-16(12-10-15)19(3,4)5/h6-12,18H,20H2,1-5H3. The molecule has 20 heavy (non-hydrogen) atoms. The molecule has 0 aliphatic heterocycles. The maximum Gasteiger partial charge on any atom is 0.0556 e. The van der Waals surface area contributed by atoms with Crippen molar-refractivity contribution in [2.45, 2.75) is 46.1 Å². The van der Waals surface area contributed by atoms with Crippen LogP contribution in [0.5, 0.6) is 0 Å². The molecule has 0 aromatic heterocycles. The van der Waals surface area contributed by atoms with Crippen LogP contribution in [-0.2, 0) is 5.41 Å². The Morgan fingerprint density at radius 1 is 0.850 bits per heavy atom. The summed E-state index contributed by atoms with van der Waals surface area (Å²) < 4.78 is 0. The Balaban J connectivity index is 2.37. The van der Waals surface area contributed by atoms with E-state index < -0.39 is 0 Å². The van der Waals surface area contributed by atoms with Crippen LogP contribution >= 0.6 is 0 Å². The summed E-state index contributed by atoms with van der Waals surface area (Å²) >= 11 is 0. The quantitative estimate of drug-likeness (QED) is 0.842. The summed E-state index contributed by atoms with van der Waals surface area (Å²) in [4.78, 5) is 0. The minimum atomic E-state index is -0.0507. The predicted octanol–water partition coefficient (Wildman–Crippen LogP) is 4.65. The number of hydrogen-bond acceptors (Lipinski definition) is 1. The lowest BCUT2D eigenvalue weighted by atomic mass is 9.85. The second-order valence-electron chi connectivity index (χ2n) is 6.66. The first kappa shape index (κ1) is 14.8. The Morgan fingerprint density at radius 2 is 1.35 bits per heavy atom. The van der Waals surface area contributed by atoms with Gasteiger partial charge in [0.2, 0.25) is 0 Å². The van der Waals surface area contributed by atoms with Crippen molar-refractivity contribution in [2.75, 3.05) is 0 Å². The summed E-state index contributed by atoms with van der Waals surface area (Å²) in [6.07, 6.45) is 0. The van der Waals surface area contributed by atoms with Crippen LogP contribution in [0.2, 0.25) is 0 Å². The summed E-state index contributed by atoms with van der Waals surface area (Å²) in [6, 6.07) is 15.0. The molecule has 0 radical (unpaired) electrons. The van der Waals surface area contributed by atoms with Crippen LogP contribution in [0.3, 0.4) is 0 Å². The van der Waals surface area contributed by atoms with E-state index in [4.69, 9.17) is 5.73 Å². The molecule has 0 bridgehead atoms. The molecule has 0 aliphatic carbocycles. The first-order chi connectivity index (χ1) is 9.30. The summed E-state index contributed by atoms with van der Waals surface area (Å²) in [5.41, 5.74) is 12.9. The normalized spacial score (nSPS) is 13.3. The number of hydrogen-bond donors (Lipinski definition) is 1. The molecule has 0 aliphatic rings. The van der Waals surface area contributed by atoms with E-state index in [2.05, 4.69) is 77.1 Å². The largest absolute Gasteiger partial charge is 0.320 e. The topological polar surface area (TPSA) is 26.0 Å². The van der Waals surface area contributed by atoms with Crippen LogP contribution < -0.4 is 5.73 Å². The van der Waals surface area contributed by atoms with E-state index in [1.807, 2.05) is 0 Å². The van der Waals surface area contributed by atoms with Gasteiger partial charge in [0.05, 0.1) is 6.04 Å². The molecule has 1 atom stereocenters. The van der Waals surface area contributed by atoms with Gasteiger partial charge in [0.15, 0.2) is 0 Å². The highest BCUT2D eigenvalue weighted by molar-refractivity contribution is 5.42. The molecule has 0 heterocycles. The van der Waals surface area contributed by atoms with Crippen molar-refractivity contribution >= 4 is 0 Å². The van der Waals surface area contributed by atoms with Gasteiger partial charge in [-0.2, -0.15) is 0 Å². The molecule has 1 unspecified atom stereocenters. The third kappa shape index (κ3) is 2.94. The Kier molecular flexibility index (Phi) is 4.01.